The van der Waals surface area contributed by atoms with Gasteiger partial charge in [0.25, 0.3) is 0 Å². The van der Waals surface area contributed by atoms with Crippen LogP contribution in [0.15, 0.2) is 11.3 Å². The number of ether oxygens (including phenoxy) is 1. The number of carbonyl (C=O) groups excluding carboxylic acids is 2. The summed E-state index contributed by atoms with van der Waals surface area (Å²) in [6.45, 7) is 5.14. The average Bonchev–Trinajstić information content (AvgIpc) is 2.55. The van der Waals surface area contributed by atoms with Crippen LogP contribution in [0.3, 0.4) is 0 Å². The number of esters is 1. The Bertz CT molecular complexity index is 503. The molecule has 6 nitrogen and oxygen atoms in total. The van der Waals surface area contributed by atoms with Gasteiger partial charge in [0, 0.05) is 18.8 Å². The van der Waals surface area contributed by atoms with Gasteiger partial charge >= 0.3 is 12.0 Å². The molecule has 3 aliphatic rings. The fourth-order valence-electron chi connectivity index (χ4n) is 4.12. The Hall–Kier alpha value is -1.56. The predicted molar refractivity (Wildman–Crippen MR) is 86.7 cm³/mol. The first-order valence-electron chi connectivity index (χ1n) is 8.83. The van der Waals surface area contributed by atoms with E-state index < -0.39 is 0 Å². The number of nitrogens with one attached hydrogen (secondary N) is 2. The zero-order valence-corrected chi connectivity index (χ0v) is 13.9. The molecule has 1 saturated carbocycles. The first kappa shape index (κ1) is 16.3. The van der Waals surface area contributed by atoms with Crippen molar-refractivity contribution in [2.75, 3.05) is 32.8 Å². The van der Waals surface area contributed by atoms with Gasteiger partial charge < -0.3 is 15.4 Å². The first-order chi connectivity index (χ1) is 11.2. The Kier molecular flexibility index (Phi) is 5.20. The van der Waals surface area contributed by atoms with Crippen molar-refractivity contribution in [3.63, 3.8) is 0 Å². The zero-order valence-electron chi connectivity index (χ0n) is 13.9. The maximum atomic E-state index is 12.1. The van der Waals surface area contributed by atoms with Gasteiger partial charge in [0.15, 0.2) is 0 Å². The van der Waals surface area contributed by atoms with E-state index >= 15 is 0 Å². The summed E-state index contributed by atoms with van der Waals surface area (Å²) in [6.07, 6.45) is 6.64. The highest BCUT2D eigenvalue weighted by Crippen LogP contribution is 2.36. The monoisotopic (exact) mass is 321 g/mol. The van der Waals surface area contributed by atoms with E-state index in [0.29, 0.717) is 24.4 Å². The number of piperidine rings is 1. The van der Waals surface area contributed by atoms with Gasteiger partial charge in [-0.2, -0.15) is 0 Å². The molecule has 1 aliphatic carbocycles. The molecule has 0 aromatic carbocycles. The molecule has 2 atom stereocenters. The van der Waals surface area contributed by atoms with Crippen molar-refractivity contribution in [2.45, 2.75) is 39.0 Å². The van der Waals surface area contributed by atoms with Gasteiger partial charge in [-0.15, -0.1) is 0 Å². The van der Waals surface area contributed by atoms with Gasteiger partial charge in [0.2, 0.25) is 0 Å². The minimum absolute atomic E-state index is 0.236. The van der Waals surface area contributed by atoms with Crippen molar-refractivity contribution >= 4 is 12.0 Å². The van der Waals surface area contributed by atoms with Crippen LogP contribution in [0.2, 0.25) is 0 Å². The number of urea groups is 1. The Labute approximate surface area is 137 Å². The maximum absolute atomic E-state index is 12.1. The first-order valence-corrected chi connectivity index (χ1v) is 8.83. The van der Waals surface area contributed by atoms with Crippen LogP contribution in [0.5, 0.6) is 0 Å². The lowest BCUT2D eigenvalue weighted by Crippen LogP contribution is -2.49. The Morgan fingerprint density at radius 3 is 2.83 bits per heavy atom. The van der Waals surface area contributed by atoms with Crippen LogP contribution in [0, 0.1) is 11.8 Å². The lowest BCUT2D eigenvalue weighted by Gasteiger charge is -2.41. The molecule has 6 heteroatoms. The molecule has 2 aliphatic heterocycles. The molecule has 2 unspecified atom stereocenters. The highest BCUT2D eigenvalue weighted by atomic mass is 16.5. The molecule has 128 valence electrons. The van der Waals surface area contributed by atoms with Crippen molar-refractivity contribution in [3.05, 3.63) is 11.3 Å². The average molecular weight is 321 g/mol. The summed E-state index contributed by atoms with van der Waals surface area (Å²) in [5, 5.41) is 5.47. The smallest absolute Gasteiger partial charge is 0.337 e. The third kappa shape index (κ3) is 3.86. The summed E-state index contributed by atoms with van der Waals surface area (Å²) < 4.78 is 5.12. The fourth-order valence-corrected chi connectivity index (χ4v) is 4.12. The topological polar surface area (TPSA) is 70.7 Å². The van der Waals surface area contributed by atoms with Gasteiger partial charge in [-0.3, -0.25) is 4.90 Å². The standard InChI is InChI=1S/C17H27N3O3/c1-2-23-16(21)14-9-18-17(22)19-15(14)11-20-8-7-12-5-3-4-6-13(12)10-20/h12-13H,2-11H2,1H3,(H2,18,19,22). The molecule has 23 heavy (non-hydrogen) atoms. The number of hydrogen-bond acceptors (Lipinski definition) is 4. The fraction of sp³-hybridized carbons (Fsp3) is 0.765. The molecular weight excluding hydrogens is 294 g/mol. The second kappa shape index (κ2) is 7.34. The summed E-state index contributed by atoms with van der Waals surface area (Å²) >= 11 is 0. The van der Waals surface area contributed by atoms with Crippen molar-refractivity contribution in [2.24, 2.45) is 11.8 Å². The van der Waals surface area contributed by atoms with Crippen LogP contribution >= 0.6 is 0 Å². The van der Waals surface area contributed by atoms with Gasteiger partial charge in [-0.25, -0.2) is 9.59 Å². The Morgan fingerprint density at radius 2 is 2.04 bits per heavy atom. The summed E-state index contributed by atoms with van der Waals surface area (Å²) in [6, 6.07) is -0.236. The minimum atomic E-state index is -0.331. The number of likely N-dealkylation sites (tertiary alicyclic amines) is 1. The summed E-state index contributed by atoms with van der Waals surface area (Å²) in [4.78, 5) is 26.1. The van der Waals surface area contributed by atoms with E-state index in [1.54, 1.807) is 6.92 Å². The number of amides is 2. The molecule has 2 heterocycles. The van der Waals surface area contributed by atoms with Gasteiger partial charge in [-0.05, 0) is 38.1 Å². The summed E-state index contributed by atoms with van der Waals surface area (Å²) in [7, 11) is 0. The molecule has 0 aromatic heterocycles. The zero-order chi connectivity index (χ0) is 16.2. The molecule has 0 aromatic rings. The van der Waals surface area contributed by atoms with E-state index in [-0.39, 0.29) is 18.5 Å². The number of fused-ring (bicyclic) bond motifs is 1. The predicted octanol–water partition coefficient (Wildman–Crippen LogP) is 1.63. The van der Waals surface area contributed by atoms with E-state index in [9.17, 15) is 9.59 Å². The molecule has 1 saturated heterocycles. The minimum Gasteiger partial charge on any atom is -0.463 e. The van der Waals surface area contributed by atoms with E-state index in [4.69, 9.17) is 4.74 Å². The lowest BCUT2D eigenvalue weighted by molar-refractivity contribution is -0.138. The maximum Gasteiger partial charge on any atom is 0.337 e. The number of carbonyl (C=O) groups is 2. The van der Waals surface area contributed by atoms with E-state index in [2.05, 4.69) is 15.5 Å². The molecule has 2 amide bonds. The largest absolute Gasteiger partial charge is 0.463 e. The Morgan fingerprint density at radius 1 is 1.26 bits per heavy atom. The number of hydrogen-bond donors (Lipinski definition) is 2. The van der Waals surface area contributed by atoms with E-state index in [0.717, 1.165) is 24.9 Å². The molecule has 0 spiro atoms. The highest BCUT2D eigenvalue weighted by molar-refractivity contribution is 5.93. The van der Waals surface area contributed by atoms with Gasteiger partial charge in [0.05, 0.1) is 18.7 Å². The molecule has 2 fully saturated rings. The van der Waals surface area contributed by atoms with E-state index in [1.165, 1.54) is 32.1 Å². The highest BCUT2D eigenvalue weighted by Gasteiger charge is 2.32. The number of rotatable bonds is 4. The van der Waals surface area contributed by atoms with Crippen LogP contribution in [0.1, 0.15) is 39.0 Å². The van der Waals surface area contributed by atoms with Crippen LogP contribution < -0.4 is 10.6 Å². The molecule has 0 radical (unpaired) electrons. The van der Waals surface area contributed by atoms with Gasteiger partial charge in [-0.1, -0.05) is 19.3 Å². The second-order valence-electron chi connectivity index (χ2n) is 6.81. The third-order valence-corrected chi connectivity index (χ3v) is 5.33. The lowest BCUT2D eigenvalue weighted by atomic mass is 9.75. The normalized spacial score (nSPS) is 28.7. The van der Waals surface area contributed by atoms with Crippen molar-refractivity contribution in [1.82, 2.24) is 15.5 Å². The SMILES string of the molecule is CCOC(=O)C1=C(CN2CCC3CCCCC3C2)NC(=O)NC1. The molecule has 0 bridgehead atoms. The molecule has 3 rings (SSSR count). The number of nitrogens with zero attached hydrogens (tertiary/aromatic N) is 1. The third-order valence-electron chi connectivity index (χ3n) is 5.33. The van der Waals surface area contributed by atoms with Gasteiger partial charge in [0.1, 0.15) is 0 Å². The Balaban J connectivity index is 1.68. The molecular formula is C17H27N3O3. The van der Waals surface area contributed by atoms with E-state index in [1.807, 2.05) is 0 Å². The van der Waals surface area contributed by atoms with Crippen LogP contribution in [0.4, 0.5) is 4.79 Å². The van der Waals surface area contributed by atoms with Crippen LogP contribution in [-0.2, 0) is 9.53 Å². The van der Waals surface area contributed by atoms with Crippen molar-refractivity contribution in [1.29, 1.82) is 0 Å². The van der Waals surface area contributed by atoms with Crippen LogP contribution in [-0.4, -0.2) is 49.7 Å². The van der Waals surface area contributed by atoms with Crippen LogP contribution in [0.25, 0.3) is 0 Å². The van der Waals surface area contributed by atoms with Crippen molar-refractivity contribution < 1.29 is 14.3 Å². The second-order valence-corrected chi connectivity index (χ2v) is 6.81. The summed E-state index contributed by atoms with van der Waals surface area (Å²) in [5.41, 5.74) is 1.26. The molecule has 2 N–H and O–H groups in total. The quantitative estimate of drug-likeness (QED) is 0.772. The summed E-state index contributed by atoms with van der Waals surface area (Å²) in [5.74, 6) is 1.32. The van der Waals surface area contributed by atoms with Crippen molar-refractivity contribution in [3.8, 4) is 0 Å².